The molecule has 6 nitrogen and oxygen atoms in total. The summed E-state index contributed by atoms with van der Waals surface area (Å²) in [5.41, 5.74) is 0. The van der Waals surface area contributed by atoms with Gasteiger partial charge in [0, 0.05) is 19.0 Å². The number of piperidine rings is 1. The van der Waals surface area contributed by atoms with Crippen molar-refractivity contribution >= 4 is 30.1 Å². The SMILES string of the molecule is C=CCn1c(SCC(=O)NCC)nnc1C1CCNCC1.Cl. The highest BCUT2D eigenvalue weighted by Crippen LogP contribution is 2.27. The molecule has 0 aliphatic carbocycles. The van der Waals surface area contributed by atoms with E-state index in [0.29, 0.717) is 24.8 Å². The second kappa shape index (κ2) is 9.86. The molecule has 0 unspecified atom stereocenters. The number of halogens is 1. The van der Waals surface area contributed by atoms with E-state index in [9.17, 15) is 4.79 Å². The quantitative estimate of drug-likeness (QED) is 0.580. The van der Waals surface area contributed by atoms with Gasteiger partial charge in [-0.2, -0.15) is 0 Å². The number of allylic oxidation sites excluding steroid dienone is 1. The molecule has 0 bridgehead atoms. The van der Waals surface area contributed by atoms with Gasteiger partial charge in [-0.05, 0) is 32.9 Å². The fourth-order valence-electron chi connectivity index (χ4n) is 2.47. The van der Waals surface area contributed by atoms with E-state index in [1.807, 2.05) is 13.0 Å². The molecule has 0 aromatic carbocycles. The zero-order chi connectivity index (χ0) is 15.1. The third-order valence-electron chi connectivity index (χ3n) is 3.47. The molecule has 0 radical (unpaired) electrons. The Kier molecular flexibility index (Phi) is 8.52. The molecule has 1 aliphatic rings. The van der Waals surface area contributed by atoms with Crippen molar-refractivity contribution in [2.45, 2.75) is 37.4 Å². The van der Waals surface area contributed by atoms with Gasteiger partial charge in [0.2, 0.25) is 5.91 Å². The highest BCUT2D eigenvalue weighted by Gasteiger charge is 2.23. The average molecular weight is 346 g/mol. The number of rotatable bonds is 7. The molecule has 1 fully saturated rings. The number of nitrogens with zero attached hydrogens (tertiary/aromatic N) is 3. The van der Waals surface area contributed by atoms with Crippen molar-refractivity contribution in [1.29, 1.82) is 0 Å². The Balaban J connectivity index is 0.00000242. The van der Waals surface area contributed by atoms with Crippen LogP contribution in [0.2, 0.25) is 0 Å². The molecule has 0 atom stereocenters. The number of carbonyl (C=O) groups is 1. The Labute approximate surface area is 141 Å². The summed E-state index contributed by atoms with van der Waals surface area (Å²) in [5.74, 6) is 1.86. The Morgan fingerprint density at radius 3 is 2.86 bits per heavy atom. The van der Waals surface area contributed by atoms with E-state index in [1.54, 1.807) is 0 Å². The lowest BCUT2D eigenvalue weighted by molar-refractivity contribution is -0.118. The number of carbonyl (C=O) groups excluding carboxylic acids is 1. The van der Waals surface area contributed by atoms with Crippen molar-refractivity contribution in [2.24, 2.45) is 0 Å². The Bertz CT molecular complexity index is 488. The van der Waals surface area contributed by atoms with E-state index in [0.717, 1.165) is 36.9 Å². The predicted molar refractivity (Wildman–Crippen MR) is 91.7 cm³/mol. The van der Waals surface area contributed by atoms with Gasteiger partial charge in [0.05, 0.1) is 5.75 Å². The third kappa shape index (κ3) is 5.00. The Morgan fingerprint density at radius 2 is 2.23 bits per heavy atom. The monoisotopic (exact) mass is 345 g/mol. The van der Waals surface area contributed by atoms with Gasteiger partial charge in [-0.15, -0.1) is 29.2 Å². The van der Waals surface area contributed by atoms with Gasteiger partial charge in [-0.25, -0.2) is 0 Å². The van der Waals surface area contributed by atoms with Crippen LogP contribution in [0.25, 0.3) is 0 Å². The summed E-state index contributed by atoms with van der Waals surface area (Å²) in [5, 5.41) is 15.6. The molecule has 1 aromatic rings. The van der Waals surface area contributed by atoms with E-state index in [4.69, 9.17) is 0 Å². The molecule has 0 spiro atoms. The average Bonchev–Trinajstić information content (AvgIpc) is 2.90. The molecule has 2 rings (SSSR count). The lowest BCUT2D eigenvalue weighted by Crippen LogP contribution is -2.28. The summed E-state index contributed by atoms with van der Waals surface area (Å²) in [7, 11) is 0. The maximum Gasteiger partial charge on any atom is 0.230 e. The molecule has 22 heavy (non-hydrogen) atoms. The maximum atomic E-state index is 11.6. The van der Waals surface area contributed by atoms with E-state index in [1.165, 1.54) is 11.8 Å². The first-order valence-electron chi connectivity index (χ1n) is 7.40. The Hall–Kier alpha value is -1.05. The summed E-state index contributed by atoms with van der Waals surface area (Å²) in [6, 6.07) is 0. The van der Waals surface area contributed by atoms with Gasteiger partial charge in [0.25, 0.3) is 0 Å². The first-order valence-corrected chi connectivity index (χ1v) is 8.39. The normalized spacial score (nSPS) is 15.1. The summed E-state index contributed by atoms with van der Waals surface area (Å²) in [6.07, 6.45) is 4.01. The van der Waals surface area contributed by atoms with Crippen LogP contribution in [0.5, 0.6) is 0 Å². The van der Waals surface area contributed by atoms with Gasteiger partial charge in [0.1, 0.15) is 5.82 Å². The summed E-state index contributed by atoms with van der Waals surface area (Å²) in [4.78, 5) is 11.6. The van der Waals surface area contributed by atoms with Crippen LogP contribution < -0.4 is 10.6 Å². The fourth-order valence-corrected chi connectivity index (χ4v) is 3.25. The van der Waals surface area contributed by atoms with Crippen LogP contribution in [0, 0.1) is 0 Å². The molecule has 8 heteroatoms. The summed E-state index contributed by atoms with van der Waals surface area (Å²) >= 11 is 1.43. The van der Waals surface area contributed by atoms with Crippen molar-refractivity contribution in [1.82, 2.24) is 25.4 Å². The van der Waals surface area contributed by atoms with Gasteiger partial charge in [0.15, 0.2) is 5.16 Å². The molecule has 1 amide bonds. The van der Waals surface area contributed by atoms with Crippen LogP contribution in [0.1, 0.15) is 31.5 Å². The minimum Gasteiger partial charge on any atom is -0.356 e. The fraction of sp³-hybridized carbons (Fsp3) is 0.643. The van der Waals surface area contributed by atoms with Gasteiger partial charge >= 0.3 is 0 Å². The number of hydrogen-bond donors (Lipinski definition) is 2. The molecular formula is C14H24ClN5OS. The zero-order valence-corrected chi connectivity index (χ0v) is 14.5. The van der Waals surface area contributed by atoms with E-state index < -0.39 is 0 Å². The number of hydrogen-bond acceptors (Lipinski definition) is 5. The van der Waals surface area contributed by atoms with Crippen molar-refractivity contribution in [3.05, 3.63) is 18.5 Å². The lowest BCUT2D eigenvalue weighted by Gasteiger charge is -2.22. The van der Waals surface area contributed by atoms with Crippen molar-refractivity contribution in [3.63, 3.8) is 0 Å². The molecule has 0 saturated carbocycles. The summed E-state index contributed by atoms with van der Waals surface area (Å²) in [6.45, 7) is 9.10. The third-order valence-corrected chi connectivity index (χ3v) is 4.43. The zero-order valence-electron chi connectivity index (χ0n) is 12.9. The predicted octanol–water partition coefficient (Wildman–Crippen LogP) is 1.58. The second-order valence-corrected chi connectivity index (χ2v) is 5.95. The summed E-state index contributed by atoms with van der Waals surface area (Å²) < 4.78 is 2.09. The van der Waals surface area contributed by atoms with Crippen molar-refractivity contribution in [3.8, 4) is 0 Å². The molecule has 124 valence electrons. The van der Waals surface area contributed by atoms with E-state index in [-0.39, 0.29) is 18.3 Å². The first-order chi connectivity index (χ1) is 10.3. The molecule has 2 heterocycles. The van der Waals surface area contributed by atoms with Crippen LogP contribution in [-0.4, -0.2) is 46.1 Å². The van der Waals surface area contributed by atoms with Gasteiger partial charge < -0.3 is 15.2 Å². The van der Waals surface area contributed by atoms with Crippen LogP contribution >= 0.6 is 24.2 Å². The lowest BCUT2D eigenvalue weighted by atomic mass is 9.97. The Morgan fingerprint density at radius 1 is 1.50 bits per heavy atom. The minimum absolute atomic E-state index is 0. The molecule has 1 aromatic heterocycles. The molecule has 1 saturated heterocycles. The van der Waals surface area contributed by atoms with Crippen LogP contribution in [0.3, 0.4) is 0 Å². The number of amides is 1. The largest absolute Gasteiger partial charge is 0.356 e. The second-order valence-electron chi connectivity index (χ2n) is 5.01. The highest BCUT2D eigenvalue weighted by atomic mass is 35.5. The number of thioether (sulfide) groups is 1. The number of aromatic nitrogens is 3. The van der Waals surface area contributed by atoms with E-state index in [2.05, 4.69) is 32.0 Å². The van der Waals surface area contributed by atoms with Crippen molar-refractivity contribution < 1.29 is 4.79 Å². The van der Waals surface area contributed by atoms with Crippen LogP contribution in [0.15, 0.2) is 17.8 Å². The highest BCUT2D eigenvalue weighted by molar-refractivity contribution is 7.99. The molecular weight excluding hydrogens is 322 g/mol. The first kappa shape index (κ1) is 19.0. The smallest absolute Gasteiger partial charge is 0.230 e. The topological polar surface area (TPSA) is 71.8 Å². The van der Waals surface area contributed by atoms with Crippen LogP contribution in [-0.2, 0) is 11.3 Å². The molecule has 2 N–H and O–H groups in total. The number of nitrogens with one attached hydrogen (secondary N) is 2. The van der Waals surface area contributed by atoms with E-state index >= 15 is 0 Å². The molecule has 1 aliphatic heterocycles. The standard InChI is InChI=1S/C14H23N5OS.ClH/c1-3-9-19-13(11-5-7-15-8-6-11)17-18-14(19)21-10-12(20)16-4-2;/h3,11,15H,1,4-10H2,2H3,(H,16,20);1H. The minimum atomic E-state index is 0. The van der Waals surface area contributed by atoms with Crippen molar-refractivity contribution in [2.75, 3.05) is 25.4 Å². The van der Waals surface area contributed by atoms with Gasteiger partial charge in [-0.1, -0.05) is 17.8 Å². The van der Waals surface area contributed by atoms with Gasteiger partial charge in [-0.3, -0.25) is 4.79 Å². The maximum absolute atomic E-state index is 11.6. The van der Waals surface area contributed by atoms with Crippen LogP contribution in [0.4, 0.5) is 0 Å².